The van der Waals surface area contributed by atoms with Gasteiger partial charge in [0.25, 0.3) is 0 Å². The zero-order valence-corrected chi connectivity index (χ0v) is 12.9. The molecular formula is C16H25N3O2. The molecule has 0 spiro atoms. The Kier molecular flexibility index (Phi) is 4.04. The van der Waals surface area contributed by atoms with Gasteiger partial charge in [-0.1, -0.05) is 6.92 Å². The number of hydrogen-bond donors (Lipinski definition) is 1. The highest BCUT2D eigenvalue weighted by molar-refractivity contribution is 5.78. The Balaban J connectivity index is 1.79. The molecule has 3 rings (SSSR count). The van der Waals surface area contributed by atoms with Crippen molar-refractivity contribution in [3.63, 3.8) is 0 Å². The third-order valence-corrected chi connectivity index (χ3v) is 4.85. The van der Waals surface area contributed by atoms with Crippen molar-refractivity contribution in [2.24, 2.45) is 5.73 Å². The lowest BCUT2D eigenvalue weighted by molar-refractivity contribution is -0.131. The number of nitrogens with zero attached hydrogens (tertiary/aromatic N) is 2. The van der Waals surface area contributed by atoms with E-state index in [9.17, 15) is 4.79 Å². The third-order valence-electron chi connectivity index (χ3n) is 4.85. The van der Waals surface area contributed by atoms with Crippen LogP contribution in [0.2, 0.25) is 0 Å². The highest BCUT2D eigenvalue weighted by Crippen LogP contribution is 2.31. The monoisotopic (exact) mass is 291 g/mol. The number of rotatable bonds is 4. The number of fused-ring (bicyclic) bond motifs is 1. The number of carbonyl (C=O) groups is 1. The molecule has 3 heterocycles. The zero-order valence-electron chi connectivity index (χ0n) is 12.9. The van der Waals surface area contributed by atoms with Gasteiger partial charge in [0.1, 0.15) is 11.5 Å². The largest absolute Gasteiger partial charge is 0.465 e. The summed E-state index contributed by atoms with van der Waals surface area (Å²) in [7, 11) is 0. The van der Waals surface area contributed by atoms with Gasteiger partial charge in [-0.15, -0.1) is 0 Å². The second-order valence-corrected chi connectivity index (χ2v) is 6.24. The maximum atomic E-state index is 11.8. The molecule has 3 atom stereocenters. The number of hydrogen-bond acceptors (Lipinski definition) is 4. The number of piperazine rings is 1. The standard InChI is InChI=1S/C16H25N3O2/c1-3-13(17)16(14-6-4-11(2)21-14)18-8-9-19-12(10-18)5-7-15(19)20/h4,6,12-13,16H,3,5,7-10,17H2,1-2H3. The maximum absolute atomic E-state index is 11.8. The van der Waals surface area contributed by atoms with E-state index in [2.05, 4.69) is 11.8 Å². The van der Waals surface area contributed by atoms with Gasteiger partial charge in [-0.2, -0.15) is 0 Å². The Bertz CT molecular complexity index is 513. The third kappa shape index (κ3) is 2.72. The van der Waals surface area contributed by atoms with Crippen LogP contribution >= 0.6 is 0 Å². The van der Waals surface area contributed by atoms with Crippen molar-refractivity contribution in [1.82, 2.24) is 9.80 Å². The summed E-state index contributed by atoms with van der Waals surface area (Å²) in [6.45, 7) is 6.68. The molecule has 0 radical (unpaired) electrons. The average molecular weight is 291 g/mol. The van der Waals surface area contributed by atoms with Crippen molar-refractivity contribution in [1.29, 1.82) is 0 Å². The summed E-state index contributed by atoms with van der Waals surface area (Å²) in [5.74, 6) is 2.19. The van der Waals surface area contributed by atoms with Gasteiger partial charge in [-0.3, -0.25) is 9.69 Å². The number of amides is 1. The topological polar surface area (TPSA) is 62.7 Å². The van der Waals surface area contributed by atoms with E-state index in [0.717, 1.165) is 44.0 Å². The molecular weight excluding hydrogens is 266 g/mol. The zero-order chi connectivity index (χ0) is 15.0. The summed E-state index contributed by atoms with van der Waals surface area (Å²) in [5.41, 5.74) is 6.37. The second kappa shape index (κ2) is 5.81. The van der Waals surface area contributed by atoms with Crippen LogP contribution in [0.1, 0.15) is 43.7 Å². The first-order valence-electron chi connectivity index (χ1n) is 7.95. The Morgan fingerprint density at radius 1 is 1.43 bits per heavy atom. The van der Waals surface area contributed by atoms with Crippen LogP contribution in [-0.2, 0) is 4.79 Å². The number of aryl methyl sites for hydroxylation is 1. The molecule has 2 saturated heterocycles. The fraction of sp³-hybridized carbons (Fsp3) is 0.688. The summed E-state index contributed by atoms with van der Waals surface area (Å²) in [6, 6.07) is 4.57. The minimum atomic E-state index is 0.0548. The lowest BCUT2D eigenvalue weighted by Gasteiger charge is -2.42. The van der Waals surface area contributed by atoms with E-state index < -0.39 is 0 Å². The predicted molar refractivity (Wildman–Crippen MR) is 80.8 cm³/mol. The lowest BCUT2D eigenvalue weighted by Crippen LogP contribution is -2.54. The van der Waals surface area contributed by atoms with E-state index in [1.165, 1.54) is 0 Å². The normalized spacial score (nSPS) is 26.0. The van der Waals surface area contributed by atoms with Gasteiger partial charge in [-0.05, 0) is 31.9 Å². The molecule has 2 fully saturated rings. The van der Waals surface area contributed by atoms with Crippen LogP contribution in [0.15, 0.2) is 16.5 Å². The molecule has 0 aromatic carbocycles. The van der Waals surface area contributed by atoms with Gasteiger partial charge in [0.15, 0.2) is 0 Å². The lowest BCUT2D eigenvalue weighted by atomic mass is 10.00. The highest BCUT2D eigenvalue weighted by atomic mass is 16.3. The molecule has 0 aliphatic carbocycles. The van der Waals surface area contributed by atoms with Crippen LogP contribution in [0.5, 0.6) is 0 Å². The molecule has 5 nitrogen and oxygen atoms in total. The van der Waals surface area contributed by atoms with Crippen molar-refractivity contribution in [3.05, 3.63) is 23.7 Å². The van der Waals surface area contributed by atoms with Crippen molar-refractivity contribution in [3.8, 4) is 0 Å². The van der Waals surface area contributed by atoms with Crippen LogP contribution in [0.25, 0.3) is 0 Å². The molecule has 2 aliphatic heterocycles. The first kappa shape index (κ1) is 14.6. The SMILES string of the molecule is CCC(N)C(c1ccc(C)o1)N1CCN2C(=O)CCC2C1. The van der Waals surface area contributed by atoms with Crippen LogP contribution in [0, 0.1) is 6.92 Å². The molecule has 0 bridgehead atoms. The number of nitrogens with two attached hydrogens (primary N) is 1. The molecule has 2 aliphatic rings. The maximum Gasteiger partial charge on any atom is 0.222 e. The average Bonchev–Trinajstić information content (AvgIpc) is 3.06. The van der Waals surface area contributed by atoms with Crippen LogP contribution in [0.3, 0.4) is 0 Å². The number of furan rings is 1. The summed E-state index contributed by atoms with van der Waals surface area (Å²) >= 11 is 0. The Morgan fingerprint density at radius 3 is 2.90 bits per heavy atom. The first-order valence-corrected chi connectivity index (χ1v) is 7.95. The van der Waals surface area contributed by atoms with Crippen molar-refractivity contribution in [2.45, 2.75) is 51.2 Å². The van der Waals surface area contributed by atoms with Gasteiger partial charge in [0.2, 0.25) is 5.91 Å². The van der Waals surface area contributed by atoms with Gasteiger partial charge in [0.05, 0.1) is 6.04 Å². The Morgan fingerprint density at radius 2 is 2.24 bits per heavy atom. The van der Waals surface area contributed by atoms with Crippen LogP contribution in [0.4, 0.5) is 0 Å². The smallest absolute Gasteiger partial charge is 0.222 e. The summed E-state index contributed by atoms with van der Waals surface area (Å²) in [4.78, 5) is 16.3. The van der Waals surface area contributed by atoms with Crippen molar-refractivity contribution >= 4 is 5.91 Å². The van der Waals surface area contributed by atoms with Crippen molar-refractivity contribution in [2.75, 3.05) is 19.6 Å². The van der Waals surface area contributed by atoms with Crippen LogP contribution < -0.4 is 5.73 Å². The second-order valence-electron chi connectivity index (χ2n) is 6.24. The van der Waals surface area contributed by atoms with Crippen molar-refractivity contribution < 1.29 is 9.21 Å². The number of carbonyl (C=O) groups excluding carboxylic acids is 1. The first-order chi connectivity index (χ1) is 10.1. The molecule has 0 saturated carbocycles. The highest BCUT2D eigenvalue weighted by Gasteiger charge is 2.39. The predicted octanol–water partition coefficient (Wildman–Crippen LogP) is 1.67. The van der Waals surface area contributed by atoms with E-state index in [4.69, 9.17) is 10.2 Å². The molecule has 116 valence electrons. The van der Waals surface area contributed by atoms with Gasteiger partial charge >= 0.3 is 0 Å². The quantitative estimate of drug-likeness (QED) is 0.916. The summed E-state index contributed by atoms with van der Waals surface area (Å²) in [5, 5.41) is 0. The Hall–Kier alpha value is -1.33. The van der Waals surface area contributed by atoms with E-state index in [1.807, 2.05) is 24.0 Å². The fourth-order valence-corrected chi connectivity index (χ4v) is 3.64. The molecule has 2 N–H and O–H groups in total. The molecule has 1 aromatic rings. The molecule has 3 unspecified atom stereocenters. The van der Waals surface area contributed by atoms with E-state index in [1.54, 1.807) is 0 Å². The fourth-order valence-electron chi connectivity index (χ4n) is 3.64. The molecule has 5 heteroatoms. The van der Waals surface area contributed by atoms with E-state index in [0.29, 0.717) is 18.4 Å². The Labute approximate surface area is 126 Å². The van der Waals surface area contributed by atoms with E-state index >= 15 is 0 Å². The molecule has 21 heavy (non-hydrogen) atoms. The summed E-state index contributed by atoms with van der Waals surface area (Å²) in [6.07, 6.45) is 2.58. The molecule has 1 amide bonds. The van der Waals surface area contributed by atoms with Gasteiger partial charge < -0.3 is 15.1 Å². The van der Waals surface area contributed by atoms with Crippen LogP contribution in [-0.4, -0.2) is 47.4 Å². The summed E-state index contributed by atoms with van der Waals surface area (Å²) < 4.78 is 5.85. The van der Waals surface area contributed by atoms with Gasteiger partial charge in [-0.25, -0.2) is 0 Å². The van der Waals surface area contributed by atoms with E-state index in [-0.39, 0.29) is 12.1 Å². The van der Waals surface area contributed by atoms with Gasteiger partial charge in [0, 0.05) is 38.1 Å². The molecule has 1 aromatic heterocycles. The minimum absolute atomic E-state index is 0.0548. The minimum Gasteiger partial charge on any atom is -0.465 e.